The third-order valence-corrected chi connectivity index (χ3v) is 7.27. The zero-order valence-corrected chi connectivity index (χ0v) is 21.8. The van der Waals surface area contributed by atoms with E-state index in [1.54, 1.807) is 24.1 Å². The average Bonchev–Trinajstić information content (AvgIpc) is 3.35. The maximum atomic E-state index is 13.7. The summed E-state index contributed by atoms with van der Waals surface area (Å²) in [4.78, 5) is 22.1. The van der Waals surface area contributed by atoms with Crippen molar-refractivity contribution in [1.82, 2.24) is 19.2 Å². The highest BCUT2D eigenvalue weighted by atomic mass is 19.1. The third-order valence-electron chi connectivity index (χ3n) is 7.27. The van der Waals surface area contributed by atoms with Gasteiger partial charge in [-0.3, -0.25) is 9.69 Å². The van der Waals surface area contributed by atoms with E-state index in [1.165, 1.54) is 12.1 Å². The fraction of sp³-hybridized carbons (Fsp3) is 0.188. The van der Waals surface area contributed by atoms with E-state index >= 15 is 0 Å². The van der Waals surface area contributed by atoms with Crippen LogP contribution in [0.25, 0.3) is 28.0 Å². The molecule has 1 aliphatic heterocycles. The van der Waals surface area contributed by atoms with Gasteiger partial charge >= 0.3 is 0 Å². The normalized spacial score (nSPS) is 14.1. The molecule has 0 radical (unpaired) electrons. The zero-order chi connectivity index (χ0) is 26.8. The number of hydrogen-bond donors (Lipinski definition) is 0. The topological polar surface area (TPSA) is 50.1 Å². The number of rotatable bonds is 6. The summed E-state index contributed by atoms with van der Waals surface area (Å²) in [5.41, 5.74) is 6.52. The van der Waals surface area contributed by atoms with Crippen LogP contribution in [0.4, 0.5) is 4.39 Å². The monoisotopic (exact) mass is 520 g/mol. The highest BCUT2D eigenvalue weighted by Crippen LogP contribution is 2.30. The molecule has 2 aromatic heterocycles. The predicted molar refractivity (Wildman–Crippen MR) is 150 cm³/mol. The molecule has 6 nitrogen and oxygen atoms in total. The molecule has 3 aromatic carbocycles. The molecule has 1 saturated heterocycles. The first kappa shape index (κ1) is 24.8. The van der Waals surface area contributed by atoms with Gasteiger partial charge in [0.15, 0.2) is 0 Å². The van der Waals surface area contributed by atoms with Gasteiger partial charge in [-0.1, -0.05) is 48.5 Å². The van der Waals surface area contributed by atoms with E-state index in [2.05, 4.69) is 45.8 Å². The van der Waals surface area contributed by atoms with Crippen LogP contribution in [0, 0.1) is 5.82 Å². The van der Waals surface area contributed by atoms with E-state index in [9.17, 15) is 9.18 Å². The molecule has 0 saturated carbocycles. The van der Waals surface area contributed by atoms with Crippen LogP contribution >= 0.6 is 0 Å². The van der Waals surface area contributed by atoms with Crippen LogP contribution in [0.1, 0.15) is 16.1 Å². The standard InChI is InChI=1S/C32H29FN4O2/c1-39-28-12-6-9-24(20-28)31-29(37-21-26(13-14-30(37)34-31)23-7-3-2-4-8-23)22-35-15-17-36(18-16-35)32(38)25-10-5-11-27(33)19-25/h2-14,19-21H,15-18,22H2,1H3. The Hall–Kier alpha value is -4.49. The molecular weight excluding hydrogens is 491 g/mol. The first-order chi connectivity index (χ1) is 19.1. The molecule has 0 unspecified atom stereocenters. The minimum absolute atomic E-state index is 0.131. The van der Waals surface area contributed by atoms with E-state index in [1.807, 2.05) is 36.4 Å². The number of carbonyl (C=O) groups is 1. The molecule has 0 aliphatic carbocycles. The van der Waals surface area contributed by atoms with Gasteiger partial charge in [-0.05, 0) is 53.6 Å². The fourth-order valence-corrected chi connectivity index (χ4v) is 5.17. The first-order valence-corrected chi connectivity index (χ1v) is 13.1. The van der Waals surface area contributed by atoms with Gasteiger partial charge in [0.1, 0.15) is 17.2 Å². The quantitative estimate of drug-likeness (QED) is 0.285. The molecule has 7 heteroatoms. The van der Waals surface area contributed by atoms with Gasteiger partial charge in [0.25, 0.3) is 5.91 Å². The minimum Gasteiger partial charge on any atom is -0.497 e. The smallest absolute Gasteiger partial charge is 0.254 e. The molecule has 6 rings (SSSR count). The van der Waals surface area contributed by atoms with E-state index in [4.69, 9.17) is 9.72 Å². The van der Waals surface area contributed by atoms with Gasteiger partial charge in [0.2, 0.25) is 0 Å². The summed E-state index contributed by atoms with van der Waals surface area (Å²) < 4.78 is 21.3. The summed E-state index contributed by atoms with van der Waals surface area (Å²) in [6.45, 7) is 3.26. The highest BCUT2D eigenvalue weighted by molar-refractivity contribution is 5.94. The number of pyridine rings is 1. The largest absolute Gasteiger partial charge is 0.497 e. The summed E-state index contributed by atoms with van der Waals surface area (Å²) in [5, 5.41) is 0. The summed E-state index contributed by atoms with van der Waals surface area (Å²) >= 11 is 0. The van der Waals surface area contributed by atoms with Crippen molar-refractivity contribution in [3.8, 4) is 28.1 Å². The molecular formula is C32H29FN4O2. The van der Waals surface area contributed by atoms with Gasteiger partial charge in [-0.15, -0.1) is 0 Å². The molecule has 39 heavy (non-hydrogen) atoms. The van der Waals surface area contributed by atoms with Gasteiger partial charge in [-0.25, -0.2) is 9.37 Å². The van der Waals surface area contributed by atoms with E-state index in [0.29, 0.717) is 38.3 Å². The van der Waals surface area contributed by atoms with Crippen LogP contribution < -0.4 is 4.74 Å². The Balaban J connectivity index is 1.31. The molecule has 1 aliphatic rings. The van der Waals surface area contributed by atoms with E-state index in [0.717, 1.165) is 39.5 Å². The summed E-state index contributed by atoms with van der Waals surface area (Å²) in [6, 6.07) is 28.4. The number of imidazole rings is 1. The average molecular weight is 521 g/mol. The van der Waals surface area contributed by atoms with Crippen molar-refractivity contribution < 1.29 is 13.9 Å². The molecule has 3 heterocycles. The number of benzene rings is 3. The number of ether oxygens (including phenoxy) is 1. The lowest BCUT2D eigenvalue weighted by molar-refractivity contribution is 0.0626. The number of piperazine rings is 1. The Morgan fingerprint density at radius 3 is 2.38 bits per heavy atom. The summed E-state index contributed by atoms with van der Waals surface area (Å²) in [5.74, 6) is 0.255. The molecule has 1 amide bonds. The lowest BCUT2D eigenvalue weighted by Gasteiger charge is -2.34. The molecule has 196 valence electrons. The maximum Gasteiger partial charge on any atom is 0.254 e. The number of aromatic nitrogens is 2. The highest BCUT2D eigenvalue weighted by Gasteiger charge is 2.25. The van der Waals surface area contributed by atoms with Crippen LogP contribution in [0.5, 0.6) is 5.75 Å². The van der Waals surface area contributed by atoms with Crippen molar-refractivity contribution in [3.63, 3.8) is 0 Å². The second kappa shape index (κ2) is 10.7. The lowest BCUT2D eigenvalue weighted by atomic mass is 10.1. The molecule has 0 spiro atoms. The lowest BCUT2D eigenvalue weighted by Crippen LogP contribution is -2.48. The molecule has 0 atom stereocenters. The second-order valence-electron chi connectivity index (χ2n) is 9.73. The number of halogens is 1. The Labute approximate surface area is 226 Å². The van der Waals surface area contributed by atoms with Crippen LogP contribution in [-0.4, -0.2) is 58.4 Å². The Kier molecular flexibility index (Phi) is 6.82. The number of hydrogen-bond acceptors (Lipinski definition) is 4. The summed E-state index contributed by atoms with van der Waals surface area (Å²) in [6.07, 6.45) is 2.15. The van der Waals surface area contributed by atoms with Gasteiger partial charge in [-0.2, -0.15) is 0 Å². The fourth-order valence-electron chi connectivity index (χ4n) is 5.17. The Morgan fingerprint density at radius 1 is 0.846 bits per heavy atom. The SMILES string of the molecule is COc1cccc(-c2nc3ccc(-c4ccccc4)cn3c2CN2CCN(C(=O)c3cccc(F)c3)CC2)c1. The predicted octanol–water partition coefficient (Wildman–Crippen LogP) is 5.77. The second-order valence-corrected chi connectivity index (χ2v) is 9.73. The van der Waals surface area contributed by atoms with E-state index in [-0.39, 0.29) is 5.91 Å². The van der Waals surface area contributed by atoms with Crippen LogP contribution in [0.2, 0.25) is 0 Å². The van der Waals surface area contributed by atoms with Crippen molar-refractivity contribution in [3.05, 3.63) is 114 Å². The molecule has 0 bridgehead atoms. The molecule has 5 aromatic rings. The van der Waals surface area contributed by atoms with Gasteiger partial charge in [0, 0.05) is 50.0 Å². The van der Waals surface area contributed by atoms with Crippen molar-refractivity contribution in [2.45, 2.75) is 6.54 Å². The number of methoxy groups -OCH3 is 1. The minimum atomic E-state index is -0.396. The Morgan fingerprint density at radius 2 is 1.62 bits per heavy atom. The van der Waals surface area contributed by atoms with Crippen molar-refractivity contribution >= 4 is 11.6 Å². The summed E-state index contributed by atoms with van der Waals surface area (Å²) in [7, 11) is 1.67. The van der Waals surface area contributed by atoms with Crippen molar-refractivity contribution in [2.75, 3.05) is 33.3 Å². The number of fused-ring (bicyclic) bond motifs is 1. The van der Waals surface area contributed by atoms with Gasteiger partial charge < -0.3 is 14.0 Å². The number of carbonyl (C=O) groups excluding carboxylic acids is 1. The van der Waals surface area contributed by atoms with Gasteiger partial charge in [0.05, 0.1) is 18.5 Å². The first-order valence-electron chi connectivity index (χ1n) is 13.1. The third kappa shape index (κ3) is 5.13. The molecule has 0 N–H and O–H groups in total. The Bertz CT molecular complexity index is 1620. The van der Waals surface area contributed by atoms with Crippen LogP contribution in [0.3, 0.4) is 0 Å². The maximum absolute atomic E-state index is 13.7. The number of nitrogens with zero attached hydrogens (tertiary/aromatic N) is 4. The zero-order valence-electron chi connectivity index (χ0n) is 21.8. The van der Waals surface area contributed by atoms with E-state index < -0.39 is 5.82 Å². The van der Waals surface area contributed by atoms with Crippen molar-refractivity contribution in [1.29, 1.82) is 0 Å². The molecule has 1 fully saturated rings. The number of amides is 1. The van der Waals surface area contributed by atoms with Crippen LogP contribution in [0.15, 0.2) is 97.2 Å². The van der Waals surface area contributed by atoms with Crippen LogP contribution in [-0.2, 0) is 6.54 Å². The van der Waals surface area contributed by atoms with Crippen molar-refractivity contribution in [2.24, 2.45) is 0 Å².